The topological polar surface area (TPSA) is 38.1 Å². The summed E-state index contributed by atoms with van der Waals surface area (Å²) in [5.41, 5.74) is 1.59. The van der Waals surface area contributed by atoms with E-state index in [4.69, 9.17) is 11.6 Å². The van der Waals surface area contributed by atoms with Crippen molar-refractivity contribution in [3.8, 4) is 0 Å². The fourth-order valence-electron chi connectivity index (χ4n) is 3.06. The monoisotopic (exact) mass is 363 g/mol. The van der Waals surface area contributed by atoms with Crippen LogP contribution in [0.1, 0.15) is 24.8 Å². The van der Waals surface area contributed by atoms with Gasteiger partial charge in [0.2, 0.25) is 0 Å². The van der Waals surface area contributed by atoms with Crippen molar-refractivity contribution in [2.24, 2.45) is 0 Å². The first-order chi connectivity index (χ1) is 11.7. The van der Waals surface area contributed by atoms with Crippen molar-refractivity contribution in [2.45, 2.75) is 31.1 Å². The van der Waals surface area contributed by atoms with E-state index in [9.17, 15) is 4.79 Å². The van der Waals surface area contributed by atoms with Gasteiger partial charge in [-0.25, -0.2) is 4.68 Å². The number of hydrogen-bond donors (Lipinski definition) is 0. The first kappa shape index (κ1) is 17.4. The summed E-state index contributed by atoms with van der Waals surface area (Å²) in [5, 5.41) is 5.22. The van der Waals surface area contributed by atoms with Crippen LogP contribution in [-0.2, 0) is 6.54 Å². The number of thioether (sulfide) groups is 1. The van der Waals surface area contributed by atoms with Crippen LogP contribution in [0, 0.1) is 0 Å². The molecule has 0 radical (unpaired) electrons. The molecule has 1 aromatic carbocycles. The Balaban J connectivity index is 1.85. The van der Waals surface area contributed by atoms with Gasteiger partial charge in [0.05, 0.1) is 18.4 Å². The van der Waals surface area contributed by atoms with Crippen molar-refractivity contribution in [1.29, 1.82) is 0 Å². The molecular weight excluding hydrogens is 342 g/mol. The normalized spacial score (nSPS) is 18.4. The maximum absolute atomic E-state index is 12.6. The SMILES string of the molecule is CSC1CCCCN(c2cnn(Cc3ccccc3)c(=O)c2Cl)C1. The average molecular weight is 364 g/mol. The van der Waals surface area contributed by atoms with Crippen molar-refractivity contribution in [3.05, 3.63) is 57.5 Å². The predicted octanol–water partition coefficient (Wildman–Crippen LogP) is 3.67. The van der Waals surface area contributed by atoms with Crippen LogP contribution in [0.25, 0.3) is 0 Å². The van der Waals surface area contributed by atoms with Gasteiger partial charge >= 0.3 is 0 Å². The zero-order valence-corrected chi connectivity index (χ0v) is 15.4. The summed E-state index contributed by atoms with van der Waals surface area (Å²) in [6.45, 7) is 2.29. The van der Waals surface area contributed by atoms with Crippen LogP contribution < -0.4 is 10.5 Å². The van der Waals surface area contributed by atoms with Crippen molar-refractivity contribution < 1.29 is 0 Å². The van der Waals surface area contributed by atoms with Crippen molar-refractivity contribution >= 4 is 29.1 Å². The summed E-state index contributed by atoms with van der Waals surface area (Å²) in [6, 6.07) is 9.82. The Bertz CT molecular complexity index is 735. The van der Waals surface area contributed by atoms with Gasteiger partial charge in [0, 0.05) is 18.3 Å². The molecule has 1 aliphatic rings. The standard InChI is InChI=1S/C18H22ClN3OS/c1-24-15-9-5-6-10-21(13-15)16-11-20-22(18(23)17(16)19)12-14-7-3-2-4-8-14/h2-4,7-8,11,15H,5-6,9-10,12-13H2,1H3. The second kappa shape index (κ2) is 8.08. The van der Waals surface area contributed by atoms with E-state index >= 15 is 0 Å². The number of rotatable bonds is 4. The molecule has 1 atom stereocenters. The van der Waals surface area contributed by atoms with E-state index < -0.39 is 0 Å². The van der Waals surface area contributed by atoms with E-state index in [1.807, 2.05) is 42.1 Å². The molecule has 1 aliphatic heterocycles. The van der Waals surface area contributed by atoms with Crippen LogP contribution in [0.2, 0.25) is 5.02 Å². The fourth-order valence-corrected chi connectivity index (χ4v) is 4.06. The van der Waals surface area contributed by atoms with E-state index in [0.717, 1.165) is 30.8 Å². The van der Waals surface area contributed by atoms with Gasteiger partial charge in [0.25, 0.3) is 5.56 Å². The number of aromatic nitrogens is 2. The summed E-state index contributed by atoms with van der Waals surface area (Å²) in [7, 11) is 0. The lowest BCUT2D eigenvalue weighted by molar-refractivity contribution is 0.635. The summed E-state index contributed by atoms with van der Waals surface area (Å²) in [6.07, 6.45) is 7.45. The molecule has 4 nitrogen and oxygen atoms in total. The number of hydrogen-bond acceptors (Lipinski definition) is 4. The third-order valence-corrected chi connectivity index (χ3v) is 5.85. The molecule has 128 valence electrons. The van der Waals surface area contributed by atoms with Crippen LogP contribution in [-0.4, -0.2) is 34.4 Å². The second-order valence-electron chi connectivity index (χ2n) is 6.09. The molecule has 2 heterocycles. The Morgan fingerprint density at radius 3 is 2.83 bits per heavy atom. The summed E-state index contributed by atoms with van der Waals surface area (Å²) in [4.78, 5) is 14.8. The highest BCUT2D eigenvalue weighted by atomic mass is 35.5. The smallest absolute Gasteiger partial charge is 0.287 e. The lowest BCUT2D eigenvalue weighted by Gasteiger charge is -2.26. The zero-order valence-electron chi connectivity index (χ0n) is 13.8. The summed E-state index contributed by atoms with van der Waals surface area (Å²) in [5.74, 6) is 0. The Morgan fingerprint density at radius 1 is 1.29 bits per heavy atom. The van der Waals surface area contributed by atoms with Gasteiger partial charge in [-0.3, -0.25) is 4.79 Å². The van der Waals surface area contributed by atoms with Crippen LogP contribution in [0.5, 0.6) is 0 Å². The van der Waals surface area contributed by atoms with Crippen LogP contribution in [0.3, 0.4) is 0 Å². The number of anilines is 1. The highest BCUT2D eigenvalue weighted by molar-refractivity contribution is 7.99. The molecule has 0 bridgehead atoms. The summed E-state index contributed by atoms with van der Waals surface area (Å²) < 4.78 is 1.44. The minimum Gasteiger partial charge on any atom is -0.368 e. The maximum Gasteiger partial charge on any atom is 0.287 e. The number of benzene rings is 1. The van der Waals surface area contributed by atoms with Gasteiger partial charge in [-0.2, -0.15) is 16.9 Å². The first-order valence-electron chi connectivity index (χ1n) is 8.26. The van der Waals surface area contributed by atoms with Crippen LogP contribution in [0.15, 0.2) is 41.3 Å². The fraction of sp³-hybridized carbons (Fsp3) is 0.444. The third-order valence-electron chi connectivity index (χ3n) is 4.44. The Kier molecular flexibility index (Phi) is 5.85. The molecule has 0 aliphatic carbocycles. The van der Waals surface area contributed by atoms with Gasteiger partial charge < -0.3 is 4.90 Å². The highest BCUT2D eigenvalue weighted by Gasteiger charge is 2.21. The minimum atomic E-state index is -0.219. The van der Waals surface area contributed by atoms with Gasteiger partial charge in [-0.15, -0.1) is 0 Å². The van der Waals surface area contributed by atoms with E-state index in [1.54, 1.807) is 6.20 Å². The Morgan fingerprint density at radius 2 is 2.08 bits per heavy atom. The van der Waals surface area contributed by atoms with Crippen molar-refractivity contribution in [2.75, 3.05) is 24.2 Å². The van der Waals surface area contributed by atoms with Gasteiger partial charge in [-0.1, -0.05) is 48.4 Å². The van der Waals surface area contributed by atoms with Gasteiger partial charge in [0.1, 0.15) is 5.02 Å². The number of nitrogens with zero attached hydrogens (tertiary/aromatic N) is 3. The molecule has 3 rings (SSSR count). The van der Waals surface area contributed by atoms with Crippen molar-refractivity contribution in [1.82, 2.24) is 9.78 Å². The second-order valence-corrected chi connectivity index (χ2v) is 7.61. The first-order valence-corrected chi connectivity index (χ1v) is 9.93. The van der Waals surface area contributed by atoms with E-state index in [2.05, 4.69) is 16.3 Å². The van der Waals surface area contributed by atoms with Crippen LogP contribution >= 0.6 is 23.4 Å². The molecule has 24 heavy (non-hydrogen) atoms. The zero-order chi connectivity index (χ0) is 16.9. The molecule has 1 saturated heterocycles. The lowest BCUT2D eigenvalue weighted by atomic mass is 10.2. The Hall–Kier alpha value is -1.46. The third kappa shape index (κ3) is 3.95. The Labute approximate surface area is 151 Å². The summed E-state index contributed by atoms with van der Waals surface area (Å²) >= 11 is 8.30. The average Bonchev–Trinajstić information content (AvgIpc) is 2.86. The largest absolute Gasteiger partial charge is 0.368 e. The minimum absolute atomic E-state index is 0.219. The van der Waals surface area contributed by atoms with Gasteiger partial charge in [0.15, 0.2) is 0 Å². The molecular formula is C18H22ClN3OS. The quantitative estimate of drug-likeness (QED) is 0.830. The lowest BCUT2D eigenvalue weighted by Crippen LogP contribution is -2.33. The molecule has 0 amide bonds. The molecule has 0 N–H and O–H groups in total. The number of halogens is 1. The predicted molar refractivity (Wildman–Crippen MR) is 102 cm³/mol. The molecule has 1 fully saturated rings. The molecule has 2 aromatic rings. The van der Waals surface area contributed by atoms with Gasteiger partial charge in [-0.05, 0) is 24.7 Å². The molecule has 6 heteroatoms. The molecule has 0 saturated carbocycles. The molecule has 1 aromatic heterocycles. The molecule has 1 unspecified atom stereocenters. The van der Waals surface area contributed by atoms with E-state index in [-0.39, 0.29) is 10.6 Å². The van der Waals surface area contributed by atoms with Crippen molar-refractivity contribution in [3.63, 3.8) is 0 Å². The van der Waals surface area contributed by atoms with Crippen LogP contribution in [0.4, 0.5) is 5.69 Å². The van der Waals surface area contributed by atoms with E-state index in [1.165, 1.54) is 17.5 Å². The maximum atomic E-state index is 12.6. The van der Waals surface area contributed by atoms with E-state index in [0.29, 0.717) is 11.8 Å². The highest BCUT2D eigenvalue weighted by Crippen LogP contribution is 2.27. The molecule has 0 spiro atoms.